The van der Waals surface area contributed by atoms with Crippen molar-refractivity contribution in [3.63, 3.8) is 0 Å². The van der Waals surface area contributed by atoms with E-state index in [0.717, 1.165) is 6.42 Å². The van der Waals surface area contributed by atoms with Crippen molar-refractivity contribution in [1.82, 2.24) is 0 Å². The third kappa shape index (κ3) is 3.02. The van der Waals surface area contributed by atoms with E-state index in [1.807, 2.05) is 0 Å². The lowest BCUT2D eigenvalue weighted by molar-refractivity contribution is -0.124. The van der Waals surface area contributed by atoms with Crippen molar-refractivity contribution in [3.8, 4) is 0 Å². The van der Waals surface area contributed by atoms with Gasteiger partial charge in [0.1, 0.15) is 11.6 Å². The number of rotatable bonds is 4. The van der Waals surface area contributed by atoms with Gasteiger partial charge in [-0.05, 0) is 36.4 Å². The zero-order chi connectivity index (χ0) is 16.0. The summed E-state index contributed by atoms with van der Waals surface area (Å²) in [5.41, 5.74) is 0. The number of carbonyl (C=O) groups excluding carboxylic acids is 2. The van der Waals surface area contributed by atoms with E-state index >= 15 is 0 Å². The first-order valence-corrected chi connectivity index (χ1v) is 11.2. The Morgan fingerprint density at radius 1 is 1.05 bits per heavy atom. The standard InChI is InChI=1S/C17H30O3Si/c1-7-11-12-8-16(19)14(13(12)9-15(11)18)10-20-21(5,6)17(2,3)4/h11-14H,7-10H2,1-6H3/t11-,12?,13-,14+/m0/s1. The number of ketones is 2. The fraction of sp³-hybridized carbons (Fsp3) is 0.882. The average molecular weight is 311 g/mol. The van der Waals surface area contributed by atoms with E-state index in [4.69, 9.17) is 4.43 Å². The molecule has 3 nitrogen and oxygen atoms in total. The molecule has 0 bridgehead atoms. The van der Waals surface area contributed by atoms with Gasteiger partial charge in [-0.3, -0.25) is 9.59 Å². The van der Waals surface area contributed by atoms with Crippen LogP contribution in [-0.2, 0) is 14.0 Å². The Balaban J connectivity index is 2.05. The predicted molar refractivity (Wildman–Crippen MR) is 86.6 cm³/mol. The molecule has 2 aliphatic carbocycles. The molecule has 0 radical (unpaired) electrons. The molecule has 0 amide bonds. The van der Waals surface area contributed by atoms with Crippen LogP contribution in [0.15, 0.2) is 0 Å². The molecule has 4 heteroatoms. The first-order chi connectivity index (χ1) is 9.58. The van der Waals surface area contributed by atoms with Crippen LogP contribution < -0.4 is 0 Å². The summed E-state index contributed by atoms with van der Waals surface area (Å²) < 4.78 is 6.27. The molecule has 2 rings (SSSR count). The van der Waals surface area contributed by atoms with E-state index in [1.165, 1.54) is 0 Å². The summed E-state index contributed by atoms with van der Waals surface area (Å²) in [4.78, 5) is 24.4. The first-order valence-electron chi connectivity index (χ1n) is 8.28. The molecule has 0 aromatic rings. The van der Waals surface area contributed by atoms with Crippen molar-refractivity contribution >= 4 is 19.9 Å². The van der Waals surface area contributed by atoms with E-state index in [1.54, 1.807) is 0 Å². The Morgan fingerprint density at radius 3 is 2.00 bits per heavy atom. The molecule has 0 spiro atoms. The maximum Gasteiger partial charge on any atom is 0.192 e. The van der Waals surface area contributed by atoms with E-state index in [-0.39, 0.29) is 22.8 Å². The second-order valence-electron chi connectivity index (χ2n) is 8.36. The SMILES string of the molecule is CC[C@@H]1C(=O)C[C@H]2C1CC(=O)[C@@H]2CO[Si](C)(C)C(C)(C)C. The molecular weight excluding hydrogens is 280 g/mol. The van der Waals surface area contributed by atoms with Crippen molar-refractivity contribution in [1.29, 1.82) is 0 Å². The zero-order valence-corrected chi connectivity index (χ0v) is 15.4. The fourth-order valence-corrected chi connectivity index (χ4v) is 4.72. The van der Waals surface area contributed by atoms with Gasteiger partial charge in [-0.1, -0.05) is 27.7 Å². The Labute approximate surface area is 130 Å². The summed E-state index contributed by atoms with van der Waals surface area (Å²) in [6, 6.07) is 0. The topological polar surface area (TPSA) is 43.4 Å². The molecular formula is C17H30O3Si. The van der Waals surface area contributed by atoms with Gasteiger partial charge in [0.2, 0.25) is 0 Å². The summed E-state index contributed by atoms with van der Waals surface area (Å²) in [6.45, 7) is 13.7. The summed E-state index contributed by atoms with van der Waals surface area (Å²) in [6.07, 6.45) is 2.07. The minimum absolute atomic E-state index is 0.0374. The second-order valence-corrected chi connectivity index (χ2v) is 13.2. The van der Waals surface area contributed by atoms with Crippen molar-refractivity contribution in [2.75, 3.05) is 6.61 Å². The highest BCUT2D eigenvalue weighted by Gasteiger charge is 2.52. The lowest BCUT2D eigenvalue weighted by Crippen LogP contribution is -2.42. The summed E-state index contributed by atoms with van der Waals surface area (Å²) in [5.74, 6) is 1.33. The molecule has 0 N–H and O–H groups in total. The molecule has 4 atom stereocenters. The molecule has 0 saturated heterocycles. The fourth-order valence-electron chi connectivity index (χ4n) is 3.69. The first kappa shape index (κ1) is 16.9. The number of fused-ring (bicyclic) bond motifs is 1. The molecule has 0 aliphatic heterocycles. The normalized spacial score (nSPS) is 33.6. The Kier molecular flexibility index (Phi) is 4.51. The van der Waals surface area contributed by atoms with Gasteiger partial charge in [0.25, 0.3) is 0 Å². The summed E-state index contributed by atoms with van der Waals surface area (Å²) in [5, 5.41) is 0.158. The molecule has 0 heterocycles. The van der Waals surface area contributed by atoms with Crippen LogP contribution in [0.2, 0.25) is 18.1 Å². The lowest BCUT2D eigenvalue weighted by Gasteiger charge is -2.37. The van der Waals surface area contributed by atoms with Gasteiger partial charge in [-0.25, -0.2) is 0 Å². The van der Waals surface area contributed by atoms with E-state index in [0.29, 0.717) is 36.9 Å². The van der Waals surface area contributed by atoms with Crippen LogP contribution in [-0.4, -0.2) is 26.5 Å². The number of Topliss-reactive ketones (excluding diaryl/α,β-unsaturated/α-hetero) is 2. The van der Waals surface area contributed by atoms with Crippen molar-refractivity contribution in [2.45, 2.75) is 65.1 Å². The molecule has 120 valence electrons. The quantitative estimate of drug-likeness (QED) is 0.741. The Morgan fingerprint density at radius 2 is 1.52 bits per heavy atom. The van der Waals surface area contributed by atoms with E-state index in [9.17, 15) is 9.59 Å². The van der Waals surface area contributed by atoms with Crippen molar-refractivity contribution in [2.24, 2.45) is 23.7 Å². The number of hydrogen-bond donors (Lipinski definition) is 0. The minimum Gasteiger partial charge on any atom is -0.416 e. The van der Waals surface area contributed by atoms with Crippen LogP contribution in [0.4, 0.5) is 0 Å². The van der Waals surface area contributed by atoms with Gasteiger partial charge in [-0.15, -0.1) is 0 Å². The maximum atomic E-state index is 12.3. The van der Waals surface area contributed by atoms with Gasteiger partial charge in [0.15, 0.2) is 8.32 Å². The number of hydrogen-bond acceptors (Lipinski definition) is 3. The lowest BCUT2D eigenvalue weighted by atomic mass is 9.88. The molecule has 2 fully saturated rings. The molecule has 2 aliphatic rings. The van der Waals surface area contributed by atoms with Gasteiger partial charge in [0, 0.05) is 31.3 Å². The van der Waals surface area contributed by atoms with E-state index < -0.39 is 8.32 Å². The van der Waals surface area contributed by atoms with Gasteiger partial charge in [-0.2, -0.15) is 0 Å². The summed E-state index contributed by atoms with van der Waals surface area (Å²) in [7, 11) is -1.83. The van der Waals surface area contributed by atoms with Crippen LogP contribution in [0.1, 0.15) is 47.0 Å². The third-order valence-electron chi connectivity index (χ3n) is 6.15. The smallest absolute Gasteiger partial charge is 0.192 e. The maximum absolute atomic E-state index is 12.3. The average Bonchev–Trinajstić information content (AvgIpc) is 2.79. The van der Waals surface area contributed by atoms with Crippen molar-refractivity contribution in [3.05, 3.63) is 0 Å². The molecule has 1 unspecified atom stereocenters. The largest absolute Gasteiger partial charge is 0.416 e. The Bertz CT molecular complexity index is 436. The molecule has 0 aromatic heterocycles. The zero-order valence-electron chi connectivity index (χ0n) is 14.4. The van der Waals surface area contributed by atoms with Crippen LogP contribution in [0.25, 0.3) is 0 Å². The predicted octanol–water partition coefficient (Wildman–Crippen LogP) is 3.83. The minimum atomic E-state index is -1.83. The highest BCUT2D eigenvalue weighted by atomic mass is 28.4. The van der Waals surface area contributed by atoms with Gasteiger partial charge in [0.05, 0.1) is 0 Å². The van der Waals surface area contributed by atoms with Gasteiger partial charge >= 0.3 is 0 Å². The van der Waals surface area contributed by atoms with Crippen LogP contribution in [0, 0.1) is 23.7 Å². The summed E-state index contributed by atoms with van der Waals surface area (Å²) >= 11 is 0. The van der Waals surface area contributed by atoms with Crippen LogP contribution in [0.5, 0.6) is 0 Å². The van der Waals surface area contributed by atoms with Gasteiger partial charge < -0.3 is 4.43 Å². The number of carbonyl (C=O) groups is 2. The molecule has 2 saturated carbocycles. The highest BCUT2D eigenvalue weighted by molar-refractivity contribution is 6.74. The highest BCUT2D eigenvalue weighted by Crippen LogP contribution is 2.49. The Hall–Kier alpha value is -0.483. The third-order valence-corrected chi connectivity index (χ3v) is 10.7. The van der Waals surface area contributed by atoms with E-state index in [2.05, 4.69) is 40.8 Å². The van der Waals surface area contributed by atoms with Crippen LogP contribution >= 0.6 is 0 Å². The monoisotopic (exact) mass is 310 g/mol. The second kappa shape index (κ2) is 5.62. The van der Waals surface area contributed by atoms with Crippen LogP contribution in [0.3, 0.4) is 0 Å². The molecule has 21 heavy (non-hydrogen) atoms. The molecule has 0 aromatic carbocycles. The van der Waals surface area contributed by atoms with Crippen molar-refractivity contribution < 1.29 is 14.0 Å².